The first-order valence-electron chi connectivity index (χ1n) is 7.99. The van der Waals surface area contributed by atoms with Gasteiger partial charge in [-0.1, -0.05) is 26.8 Å². The molecule has 0 bridgehead atoms. The quantitative estimate of drug-likeness (QED) is 0.639. The van der Waals surface area contributed by atoms with Gasteiger partial charge in [0.15, 0.2) is 0 Å². The van der Waals surface area contributed by atoms with Gasteiger partial charge < -0.3 is 10.6 Å². The van der Waals surface area contributed by atoms with Crippen molar-refractivity contribution >= 4 is 11.5 Å². The summed E-state index contributed by atoms with van der Waals surface area (Å²) in [5.41, 5.74) is 9.38. The third-order valence-electron chi connectivity index (χ3n) is 4.74. The van der Waals surface area contributed by atoms with Crippen molar-refractivity contribution in [2.75, 3.05) is 18.0 Å². The maximum atomic E-state index is 7.81. The Hall–Kier alpha value is -1.51. The molecule has 3 heteroatoms. The molecule has 0 aliphatic carbocycles. The van der Waals surface area contributed by atoms with Crippen LogP contribution in [0.15, 0.2) is 18.2 Å². The lowest BCUT2D eigenvalue weighted by molar-refractivity contribution is 0.220. The molecular formula is C18H29N3. The first kappa shape index (κ1) is 15.9. The van der Waals surface area contributed by atoms with Gasteiger partial charge in [0.25, 0.3) is 0 Å². The lowest BCUT2D eigenvalue weighted by Crippen LogP contribution is -2.28. The van der Waals surface area contributed by atoms with E-state index in [4.69, 9.17) is 11.1 Å². The fourth-order valence-corrected chi connectivity index (χ4v) is 3.33. The zero-order valence-corrected chi connectivity index (χ0v) is 13.9. The van der Waals surface area contributed by atoms with E-state index in [2.05, 4.69) is 38.7 Å². The average molecular weight is 287 g/mol. The highest BCUT2D eigenvalue weighted by Gasteiger charge is 2.27. The molecule has 1 saturated heterocycles. The molecule has 1 unspecified atom stereocenters. The Kier molecular flexibility index (Phi) is 4.60. The summed E-state index contributed by atoms with van der Waals surface area (Å²) in [6.45, 7) is 11.3. The van der Waals surface area contributed by atoms with Gasteiger partial charge in [-0.15, -0.1) is 0 Å². The summed E-state index contributed by atoms with van der Waals surface area (Å²) in [4.78, 5) is 2.43. The summed E-state index contributed by atoms with van der Waals surface area (Å²) in [6.07, 6.45) is 3.73. The van der Waals surface area contributed by atoms with Crippen LogP contribution in [0.1, 0.15) is 51.2 Å². The SMILES string of the molecule is Cc1ccc(C(=N)N)c(N2CCCC(C(C)(C)C)CC2)c1. The lowest BCUT2D eigenvalue weighted by Gasteiger charge is -2.30. The molecule has 1 aromatic rings. The molecule has 116 valence electrons. The van der Waals surface area contributed by atoms with Gasteiger partial charge in [-0.3, -0.25) is 5.41 Å². The third kappa shape index (κ3) is 3.78. The Labute approximate surface area is 129 Å². The van der Waals surface area contributed by atoms with E-state index in [1.54, 1.807) is 0 Å². The normalized spacial score (nSPS) is 20.2. The Morgan fingerprint density at radius 3 is 2.57 bits per heavy atom. The number of hydrogen-bond acceptors (Lipinski definition) is 2. The van der Waals surface area contributed by atoms with E-state index in [0.29, 0.717) is 5.41 Å². The van der Waals surface area contributed by atoms with Crippen molar-refractivity contribution in [3.05, 3.63) is 29.3 Å². The number of rotatable bonds is 2. The molecule has 1 atom stereocenters. The van der Waals surface area contributed by atoms with Crippen LogP contribution in [0.4, 0.5) is 5.69 Å². The van der Waals surface area contributed by atoms with Crippen molar-refractivity contribution in [2.24, 2.45) is 17.1 Å². The number of benzene rings is 1. The summed E-state index contributed by atoms with van der Waals surface area (Å²) in [7, 11) is 0. The Bertz CT molecular complexity index is 514. The highest BCUT2D eigenvalue weighted by atomic mass is 15.1. The minimum absolute atomic E-state index is 0.168. The standard InChI is InChI=1S/C18H29N3/c1-13-7-8-15(17(19)20)16(12-13)21-10-5-6-14(9-11-21)18(2,3)4/h7-8,12,14H,5-6,9-11H2,1-4H3,(H3,19,20). The topological polar surface area (TPSA) is 53.1 Å². The van der Waals surface area contributed by atoms with E-state index < -0.39 is 0 Å². The average Bonchev–Trinajstić information content (AvgIpc) is 2.63. The minimum Gasteiger partial charge on any atom is -0.384 e. The van der Waals surface area contributed by atoms with Gasteiger partial charge in [-0.25, -0.2) is 0 Å². The van der Waals surface area contributed by atoms with Crippen LogP contribution < -0.4 is 10.6 Å². The van der Waals surface area contributed by atoms with Crippen molar-refractivity contribution in [1.29, 1.82) is 5.41 Å². The maximum Gasteiger partial charge on any atom is 0.124 e. The number of amidine groups is 1. The first-order chi connectivity index (χ1) is 9.79. The molecule has 0 radical (unpaired) electrons. The molecule has 1 heterocycles. The van der Waals surface area contributed by atoms with Crippen LogP contribution in [0.25, 0.3) is 0 Å². The van der Waals surface area contributed by atoms with Crippen LogP contribution in [-0.2, 0) is 0 Å². The predicted octanol–water partition coefficient (Wildman–Crippen LogP) is 3.93. The molecule has 1 aromatic carbocycles. The maximum absolute atomic E-state index is 7.81. The van der Waals surface area contributed by atoms with E-state index in [1.165, 1.54) is 24.8 Å². The summed E-state index contributed by atoms with van der Waals surface area (Å²) in [5.74, 6) is 0.940. The number of hydrogen-bond donors (Lipinski definition) is 2. The van der Waals surface area contributed by atoms with Crippen LogP contribution >= 0.6 is 0 Å². The minimum atomic E-state index is 0.168. The van der Waals surface area contributed by atoms with Gasteiger partial charge in [0.2, 0.25) is 0 Å². The van der Waals surface area contributed by atoms with Crippen molar-refractivity contribution in [2.45, 2.75) is 47.0 Å². The summed E-state index contributed by atoms with van der Waals surface area (Å²) < 4.78 is 0. The van der Waals surface area contributed by atoms with E-state index in [9.17, 15) is 0 Å². The fraction of sp³-hybridized carbons (Fsp3) is 0.611. The van der Waals surface area contributed by atoms with Crippen molar-refractivity contribution in [3.8, 4) is 0 Å². The first-order valence-corrected chi connectivity index (χ1v) is 7.99. The Balaban J connectivity index is 2.23. The molecule has 21 heavy (non-hydrogen) atoms. The van der Waals surface area contributed by atoms with Gasteiger partial charge in [-0.2, -0.15) is 0 Å². The number of nitrogen functional groups attached to an aromatic ring is 1. The predicted molar refractivity (Wildman–Crippen MR) is 91.2 cm³/mol. The Morgan fingerprint density at radius 1 is 1.24 bits per heavy atom. The van der Waals surface area contributed by atoms with E-state index >= 15 is 0 Å². The van der Waals surface area contributed by atoms with Gasteiger partial charge >= 0.3 is 0 Å². The molecular weight excluding hydrogens is 258 g/mol. The smallest absolute Gasteiger partial charge is 0.124 e. The van der Waals surface area contributed by atoms with Crippen LogP contribution in [0.5, 0.6) is 0 Å². The highest BCUT2D eigenvalue weighted by Crippen LogP contribution is 2.35. The molecule has 0 spiro atoms. The summed E-state index contributed by atoms with van der Waals surface area (Å²) >= 11 is 0. The summed E-state index contributed by atoms with van der Waals surface area (Å²) in [5, 5.41) is 7.81. The number of aryl methyl sites for hydroxylation is 1. The van der Waals surface area contributed by atoms with Gasteiger partial charge in [0.05, 0.1) is 0 Å². The van der Waals surface area contributed by atoms with Gasteiger partial charge in [0, 0.05) is 24.3 Å². The van der Waals surface area contributed by atoms with E-state index in [0.717, 1.165) is 30.3 Å². The van der Waals surface area contributed by atoms with Crippen LogP contribution in [0, 0.1) is 23.7 Å². The molecule has 2 rings (SSSR count). The van der Waals surface area contributed by atoms with Crippen LogP contribution in [-0.4, -0.2) is 18.9 Å². The zero-order chi connectivity index (χ0) is 15.6. The van der Waals surface area contributed by atoms with Crippen molar-refractivity contribution in [1.82, 2.24) is 0 Å². The fourth-order valence-electron chi connectivity index (χ4n) is 3.33. The molecule has 3 N–H and O–H groups in total. The molecule has 0 amide bonds. The second-order valence-corrected chi connectivity index (χ2v) is 7.42. The second-order valence-electron chi connectivity index (χ2n) is 7.42. The molecule has 0 aromatic heterocycles. The number of nitrogens with zero attached hydrogens (tertiary/aromatic N) is 1. The largest absolute Gasteiger partial charge is 0.384 e. The molecule has 1 aliphatic rings. The second kappa shape index (κ2) is 6.08. The van der Waals surface area contributed by atoms with Gasteiger partial charge in [-0.05, 0) is 55.2 Å². The number of nitrogens with one attached hydrogen (secondary N) is 1. The van der Waals surface area contributed by atoms with E-state index in [1.807, 2.05) is 12.1 Å². The van der Waals surface area contributed by atoms with Crippen LogP contribution in [0.2, 0.25) is 0 Å². The number of anilines is 1. The molecule has 0 saturated carbocycles. The zero-order valence-electron chi connectivity index (χ0n) is 13.9. The highest BCUT2D eigenvalue weighted by molar-refractivity contribution is 6.00. The number of nitrogens with two attached hydrogens (primary N) is 1. The molecule has 1 aliphatic heterocycles. The van der Waals surface area contributed by atoms with Gasteiger partial charge in [0.1, 0.15) is 5.84 Å². The summed E-state index contributed by atoms with van der Waals surface area (Å²) in [6, 6.07) is 6.20. The van der Waals surface area contributed by atoms with Crippen molar-refractivity contribution < 1.29 is 0 Å². The Morgan fingerprint density at radius 2 is 1.95 bits per heavy atom. The van der Waals surface area contributed by atoms with Crippen molar-refractivity contribution in [3.63, 3.8) is 0 Å². The lowest BCUT2D eigenvalue weighted by atomic mass is 9.77. The third-order valence-corrected chi connectivity index (χ3v) is 4.74. The molecule has 3 nitrogen and oxygen atoms in total. The van der Waals surface area contributed by atoms with E-state index in [-0.39, 0.29) is 5.84 Å². The molecule has 1 fully saturated rings. The van der Waals surface area contributed by atoms with Crippen LogP contribution in [0.3, 0.4) is 0 Å². The monoisotopic (exact) mass is 287 g/mol.